The van der Waals surface area contributed by atoms with Crippen molar-refractivity contribution in [2.24, 2.45) is 0 Å². The van der Waals surface area contributed by atoms with Crippen LogP contribution in [0.5, 0.6) is 5.75 Å². The molecule has 0 radical (unpaired) electrons. The first kappa shape index (κ1) is 12.8. The van der Waals surface area contributed by atoms with E-state index in [9.17, 15) is 0 Å². The maximum Gasteiger partial charge on any atom is 0.118 e. The largest absolute Gasteiger partial charge is 0.497 e. The highest BCUT2D eigenvalue weighted by atomic mass is 16.7. The average molecular weight is 267 g/mol. The third kappa shape index (κ3) is 2.83. The Hall–Kier alpha value is -2.26. The van der Waals surface area contributed by atoms with E-state index in [1.54, 1.807) is 7.11 Å². The Morgan fingerprint density at radius 3 is 2.50 bits per heavy atom. The van der Waals surface area contributed by atoms with E-state index in [1.807, 2.05) is 42.5 Å². The number of hydrogen-bond donors (Lipinski definition) is 1. The number of nitrogens with one attached hydrogen (secondary N) is 1. The predicted octanol–water partition coefficient (Wildman–Crippen LogP) is 3.18. The van der Waals surface area contributed by atoms with E-state index in [0.717, 1.165) is 23.4 Å². The lowest BCUT2D eigenvalue weighted by molar-refractivity contribution is 0.0520. The van der Waals surface area contributed by atoms with Crippen molar-refractivity contribution in [3.05, 3.63) is 71.8 Å². The standard InChI is InChI=1S/C17H17NO2/c1-19-15-9-7-14(8-10-15)17-12-16(20-18-17)11-13-5-3-2-4-6-13/h2-10,12,16,18H,11H2,1H3. The van der Waals surface area contributed by atoms with Crippen molar-refractivity contribution in [2.45, 2.75) is 12.5 Å². The van der Waals surface area contributed by atoms with E-state index >= 15 is 0 Å². The molecule has 0 spiro atoms. The monoisotopic (exact) mass is 267 g/mol. The molecule has 1 atom stereocenters. The summed E-state index contributed by atoms with van der Waals surface area (Å²) in [5.74, 6) is 0.856. The molecule has 0 saturated heterocycles. The molecule has 3 nitrogen and oxygen atoms in total. The fourth-order valence-corrected chi connectivity index (χ4v) is 2.27. The van der Waals surface area contributed by atoms with Gasteiger partial charge in [0.05, 0.1) is 12.8 Å². The van der Waals surface area contributed by atoms with Gasteiger partial charge in [0.15, 0.2) is 0 Å². The highest BCUT2D eigenvalue weighted by molar-refractivity contribution is 5.65. The molecule has 1 aliphatic heterocycles. The van der Waals surface area contributed by atoms with Gasteiger partial charge in [0.1, 0.15) is 11.9 Å². The van der Waals surface area contributed by atoms with Gasteiger partial charge in [-0.2, -0.15) is 0 Å². The number of methoxy groups -OCH3 is 1. The molecule has 0 aromatic heterocycles. The van der Waals surface area contributed by atoms with Crippen LogP contribution < -0.4 is 10.2 Å². The van der Waals surface area contributed by atoms with Crippen LogP contribution in [0, 0.1) is 0 Å². The zero-order valence-electron chi connectivity index (χ0n) is 11.4. The van der Waals surface area contributed by atoms with Crippen molar-refractivity contribution in [1.82, 2.24) is 5.48 Å². The van der Waals surface area contributed by atoms with Crippen molar-refractivity contribution < 1.29 is 9.57 Å². The normalized spacial score (nSPS) is 17.4. The van der Waals surface area contributed by atoms with Gasteiger partial charge in [-0.25, -0.2) is 0 Å². The summed E-state index contributed by atoms with van der Waals surface area (Å²) in [7, 11) is 1.67. The lowest BCUT2D eigenvalue weighted by Gasteiger charge is -2.07. The van der Waals surface area contributed by atoms with Crippen LogP contribution in [-0.2, 0) is 11.3 Å². The molecule has 0 fully saturated rings. The summed E-state index contributed by atoms with van der Waals surface area (Å²) in [5.41, 5.74) is 6.38. The summed E-state index contributed by atoms with van der Waals surface area (Å²) in [6.45, 7) is 0. The van der Waals surface area contributed by atoms with E-state index < -0.39 is 0 Å². The highest BCUT2D eigenvalue weighted by Gasteiger charge is 2.17. The van der Waals surface area contributed by atoms with Gasteiger partial charge in [-0.05, 0) is 41.5 Å². The lowest BCUT2D eigenvalue weighted by Crippen LogP contribution is -2.14. The molecule has 1 N–H and O–H groups in total. The van der Waals surface area contributed by atoms with Crippen molar-refractivity contribution >= 4 is 5.70 Å². The topological polar surface area (TPSA) is 30.5 Å². The smallest absolute Gasteiger partial charge is 0.118 e. The van der Waals surface area contributed by atoms with Crippen LogP contribution in [0.3, 0.4) is 0 Å². The molecule has 1 unspecified atom stereocenters. The second-order valence-corrected chi connectivity index (χ2v) is 4.76. The number of hydrogen-bond acceptors (Lipinski definition) is 3. The Labute approximate surface area is 118 Å². The van der Waals surface area contributed by atoms with Crippen LogP contribution in [0.1, 0.15) is 11.1 Å². The Morgan fingerprint density at radius 1 is 1.05 bits per heavy atom. The van der Waals surface area contributed by atoms with Crippen molar-refractivity contribution in [3.63, 3.8) is 0 Å². The quantitative estimate of drug-likeness (QED) is 0.923. The summed E-state index contributed by atoms with van der Waals surface area (Å²) in [5, 5.41) is 0. The third-order valence-corrected chi connectivity index (χ3v) is 3.35. The molecule has 20 heavy (non-hydrogen) atoms. The van der Waals surface area contributed by atoms with Gasteiger partial charge >= 0.3 is 0 Å². The number of rotatable bonds is 4. The average Bonchev–Trinajstić information content (AvgIpc) is 2.97. The Morgan fingerprint density at radius 2 is 1.80 bits per heavy atom. The second kappa shape index (κ2) is 5.80. The van der Waals surface area contributed by atoms with Crippen LogP contribution >= 0.6 is 0 Å². The van der Waals surface area contributed by atoms with Gasteiger partial charge < -0.3 is 4.74 Å². The van der Waals surface area contributed by atoms with Crippen LogP contribution in [0.15, 0.2) is 60.7 Å². The molecule has 0 amide bonds. The van der Waals surface area contributed by atoms with E-state index in [0.29, 0.717) is 0 Å². The molecule has 0 bridgehead atoms. The van der Waals surface area contributed by atoms with Crippen molar-refractivity contribution in [1.29, 1.82) is 0 Å². The molecule has 3 rings (SSSR count). The SMILES string of the molecule is COc1ccc(C2=CC(Cc3ccccc3)ON2)cc1. The van der Waals surface area contributed by atoms with Gasteiger partial charge in [-0.15, -0.1) is 0 Å². The Balaban J connectivity index is 1.71. The van der Waals surface area contributed by atoms with E-state index in [-0.39, 0.29) is 6.10 Å². The molecule has 1 heterocycles. The number of hydroxylamine groups is 1. The molecule has 3 heteroatoms. The minimum absolute atomic E-state index is 0.0644. The molecule has 102 valence electrons. The van der Waals surface area contributed by atoms with Crippen LogP contribution in [0.4, 0.5) is 0 Å². The molecular formula is C17H17NO2. The minimum atomic E-state index is 0.0644. The molecule has 2 aromatic rings. The molecule has 0 saturated carbocycles. The van der Waals surface area contributed by atoms with Gasteiger partial charge in [0.25, 0.3) is 0 Å². The predicted molar refractivity (Wildman–Crippen MR) is 79.1 cm³/mol. The van der Waals surface area contributed by atoms with Crippen molar-refractivity contribution in [2.75, 3.05) is 7.11 Å². The zero-order valence-corrected chi connectivity index (χ0v) is 11.4. The van der Waals surface area contributed by atoms with E-state index in [2.05, 4.69) is 23.7 Å². The van der Waals surface area contributed by atoms with E-state index in [4.69, 9.17) is 9.57 Å². The Bertz CT molecular complexity index is 590. The first-order valence-corrected chi connectivity index (χ1v) is 6.67. The van der Waals surface area contributed by atoms with Gasteiger partial charge in [-0.3, -0.25) is 10.3 Å². The van der Waals surface area contributed by atoms with E-state index in [1.165, 1.54) is 5.56 Å². The second-order valence-electron chi connectivity index (χ2n) is 4.76. The fraction of sp³-hybridized carbons (Fsp3) is 0.176. The molecule has 2 aromatic carbocycles. The Kier molecular flexibility index (Phi) is 3.70. The number of ether oxygens (including phenoxy) is 1. The summed E-state index contributed by atoms with van der Waals surface area (Å²) < 4.78 is 5.16. The fourth-order valence-electron chi connectivity index (χ4n) is 2.27. The molecule has 0 aliphatic carbocycles. The lowest BCUT2D eigenvalue weighted by atomic mass is 10.1. The first-order chi connectivity index (χ1) is 9.85. The highest BCUT2D eigenvalue weighted by Crippen LogP contribution is 2.22. The molecular weight excluding hydrogens is 250 g/mol. The zero-order chi connectivity index (χ0) is 13.8. The van der Waals surface area contributed by atoms with Crippen LogP contribution in [0.25, 0.3) is 5.70 Å². The van der Waals surface area contributed by atoms with Crippen LogP contribution in [-0.4, -0.2) is 13.2 Å². The maximum atomic E-state index is 5.61. The van der Waals surface area contributed by atoms with Gasteiger partial charge in [0, 0.05) is 6.42 Å². The summed E-state index contributed by atoms with van der Waals surface area (Å²) in [6, 6.07) is 18.3. The first-order valence-electron chi connectivity index (χ1n) is 6.67. The van der Waals surface area contributed by atoms with Gasteiger partial charge in [-0.1, -0.05) is 30.3 Å². The molecule has 1 aliphatic rings. The van der Waals surface area contributed by atoms with Crippen LogP contribution in [0.2, 0.25) is 0 Å². The summed E-state index contributed by atoms with van der Waals surface area (Å²) in [4.78, 5) is 5.61. The van der Waals surface area contributed by atoms with Crippen molar-refractivity contribution in [3.8, 4) is 5.75 Å². The number of benzene rings is 2. The maximum absolute atomic E-state index is 5.61. The van der Waals surface area contributed by atoms with Gasteiger partial charge in [0.2, 0.25) is 0 Å². The minimum Gasteiger partial charge on any atom is -0.497 e. The summed E-state index contributed by atoms with van der Waals surface area (Å²) in [6.07, 6.45) is 3.05. The summed E-state index contributed by atoms with van der Waals surface area (Å²) >= 11 is 0. The third-order valence-electron chi connectivity index (χ3n) is 3.35.